The molecule has 4 heteroatoms. The highest BCUT2D eigenvalue weighted by atomic mass is 16.5. The number of furan rings is 1. The summed E-state index contributed by atoms with van der Waals surface area (Å²) in [6.45, 7) is 4.36. The first-order valence-corrected chi connectivity index (χ1v) is 15.7. The Morgan fingerprint density at radius 3 is 2.47 bits per heavy atom. The lowest BCUT2D eigenvalue weighted by Crippen LogP contribution is -2.28. The second-order valence-electron chi connectivity index (χ2n) is 12.1. The molecule has 2 aliphatic heterocycles. The number of nitrogens with one attached hydrogen (secondary N) is 1. The van der Waals surface area contributed by atoms with Gasteiger partial charge in [-0.25, -0.2) is 0 Å². The predicted molar refractivity (Wildman–Crippen MR) is 185 cm³/mol. The Bertz CT molecular complexity index is 2200. The van der Waals surface area contributed by atoms with Crippen LogP contribution >= 0.6 is 0 Å². The summed E-state index contributed by atoms with van der Waals surface area (Å²) >= 11 is 0. The predicted octanol–water partition coefficient (Wildman–Crippen LogP) is 10.8. The van der Waals surface area contributed by atoms with Gasteiger partial charge >= 0.3 is 0 Å². The molecule has 3 atom stereocenters. The summed E-state index contributed by atoms with van der Waals surface area (Å²) in [5.74, 6) is 1.12. The lowest BCUT2D eigenvalue weighted by atomic mass is 9.86. The molecule has 0 spiro atoms. The van der Waals surface area contributed by atoms with Crippen LogP contribution in [0.25, 0.3) is 39.1 Å². The fraction of sp³-hybridized carbons (Fsp3) is 0.122. The van der Waals surface area contributed by atoms with Crippen LogP contribution in [0.15, 0.2) is 132 Å². The highest BCUT2D eigenvalue weighted by Gasteiger charge is 2.40. The van der Waals surface area contributed by atoms with Crippen molar-refractivity contribution in [2.45, 2.75) is 32.0 Å². The number of ether oxygens (including phenoxy) is 1. The summed E-state index contributed by atoms with van der Waals surface area (Å²) in [6, 6.07) is 34.4. The number of allylic oxidation sites excluding steroid dienone is 3. The average molecular weight is 585 g/mol. The zero-order valence-electron chi connectivity index (χ0n) is 25.2. The van der Waals surface area contributed by atoms with E-state index in [0.717, 1.165) is 38.9 Å². The van der Waals surface area contributed by atoms with Crippen molar-refractivity contribution in [2.24, 2.45) is 0 Å². The average Bonchev–Trinajstić information content (AvgIpc) is 3.78. The second-order valence-corrected chi connectivity index (χ2v) is 12.1. The molecule has 0 amide bonds. The molecule has 3 heterocycles. The normalized spacial score (nSPS) is 19.6. The van der Waals surface area contributed by atoms with Crippen molar-refractivity contribution < 1.29 is 9.15 Å². The third kappa shape index (κ3) is 3.92. The molecule has 0 saturated carbocycles. The molecular weight excluding hydrogens is 552 g/mol. The molecule has 4 nitrogen and oxygen atoms in total. The minimum atomic E-state index is -0.279. The van der Waals surface area contributed by atoms with E-state index in [1.165, 1.54) is 39.2 Å². The number of anilines is 3. The Kier molecular flexibility index (Phi) is 5.79. The first-order chi connectivity index (χ1) is 22.2. The highest BCUT2D eigenvalue weighted by molar-refractivity contribution is 6.13. The van der Waals surface area contributed by atoms with Gasteiger partial charge in [-0.1, -0.05) is 97.1 Å². The van der Waals surface area contributed by atoms with E-state index in [-0.39, 0.29) is 18.2 Å². The van der Waals surface area contributed by atoms with Crippen molar-refractivity contribution in [1.82, 2.24) is 0 Å². The molecule has 5 aromatic carbocycles. The number of benzene rings is 5. The van der Waals surface area contributed by atoms with Crippen molar-refractivity contribution in [3.05, 3.63) is 150 Å². The van der Waals surface area contributed by atoms with Crippen molar-refractivity contribution in [2.75, 3.05) is 10.2 Å². The Hall–Kier alpha value is -5.48. The van der Waals surface area contributed by atoms with E-state index in [2.05, 4.69) is 127 Å². The van der Waals surface area contributed by atoms with Gasteiger partial charge in [0.25, 0.3) is 0 Å². The van der Waals surface area contributed by atoms with Crippen LogP contribution in [0.4, 0.5) is 17.1 Å². The van der Waals surface area contributed by atoms with Gasteiger partial charge in [0, 0.05) is 28.1 Å². The van der Waals surface area contributed by atoms with Crippen LogP contribution in [-0.2, 0) is 0 Å². The molecular formula is C41H32N2O2. The van der Waals surface area contributed by atoms with Gasteiger partial charge in [-0.2, -0.15) is 0 Å². The summed E-state index contributed by atoms with van der Waals surface area (Å²) in [6.07, 6.45) is 13.2. The van der Waals surface area contributed by atoms with E-state index in [4.69, 9.17) is 9.15 Å². The number of fused-ring (bicyclic) bond motifs is 8. The smallest absolute Gasteiger partial charge is 0.196 e. The summed E-state index contributed by atoms with van der Waals surface area (Å²) in [4.78, 5) is 2.53. The molecule has 0 bridgehead atoms. The number of para-hydroxylation sites is 1. The van der Waals surface area contributed by atoms with Crippen LogP contribution < -0.4 is 15.0 Å². The molecule has 0 saturated heterocycles. The van der Waals surface area contributed by atoms with Crippen LogP contribution in [-0.4, -0.2) is 6.04 Å². The van der Waals surface area contributed by atoms with Crippen LogP contribution in [0, 0.1) is 6.92 Å². The van der Waals surface area contributed by atoms with Crippen molar-refractivity contribution in [3.8, 4) is 16.9 Å². The first kappa shape index (κ1) is 26.0. The quantitative estimate of drug-likeness (QED) is 0.224. The Morgan fingerprint density at radius 1 is 0.822 bits per heavy atom. The summed E-state index contributed by atoms with van der Waals surface area (Å²) in [5, 5.41) is 5.82. The minimum absolute atomic E-state index is 0.207. The fourth-order valence-electron chi connectivity index (χ4n) is 7.49. The molecule has 1 aromatic heterocycles. The van der Waals surface area contributed by atoms with E-state index in [1.54, 1.807) is 0 Å². The molecule has 218 valence electrons. The monoisotopic (exact) mass is 584 g/mol. The maximum absolute atomic E-state index is 6.45. The number of hydrogen-bond acceptors (Lipinski definition) is 4. The molecule has 9 rings (SSSR count). The minimum Gasteiger partial charge on any atom is -0.464 e. The van der Waals surface area contributed by atoms with Crippen molar-refractivity contribution in [3.63, 3.8) is 0 Å². The van der Waals surface area contributed by atoms with Gasteiger partial charge in [0.2, 0.25) is 0 Å². The Balaban J connectivity index is 1.11. The van der Waals surface area contributed by atoms with Gasteiger partial charge in [0.15, 0.2) is 6.23 Å². The topological polar surface area (TPSA) is 37.6 Å². The molecule has 0 fully saturated rings. The van der Waals surface area contributed by atoms with Crippen molar-refractivity contribution >= 4 is 45.1 Å². The molecule has 3 aliphatic rings. The van der Waals surface area contributed by atoms with Gasteiger partial charge in [0.05, 0.1) is 22.8 Å². The maximum atomic E-state index is 6.45. The van der Waals surface area contributed by atoms with E-state index < -0.39 is 0 Å². The molecule has 0 radical (unpaired) electrons. The number of rotatable bonds is 4. The fourth-order valence-corrected chi connectivity index (χ4v) is 7.49. The molecule has 1 N–H and O–H groups in total. The zero-order valence-corrected chi connectivity index (χ0v) is 25.2. The largest absolute Gasteiger partial charge is 0.464 e. The van der Waals surface area contributed by atoms with Crippen LogP contribution in [0.1, 0.15) is 41.3 Å². The number of hydrogen-bond donors (Lipinski definition) is 1. The van der Waals surface area contributed by atoms with Crippen LogP contribution in [0.2, 0.25) is 0 Å². The van der Waals surface area contributed by atoms with Gasteiger partial charge in [0.1, 0.15) is 16.9 Å². The summed E-state index contributed by atoms with van der Waals surface area (Å²) < 4.78 is 12.6. The third-order valence-corrected chi connectivity index (χ3v) is 9.56. The van der Waals surface area contributed by atoms with E-state index in [9.17, 15) is 0 Å². The van der Waals surface area contributed by atoms with Gasteiger partial charge < -0.3 is 19.4 Å². The Morgan fingerprint density at radius 2 is 1.62 bits per heavy atom. The molecule has 6 aromatic rings. The van der Waals surface area contributed by atoms with E-state index in [1.807, 2.05) is 30.3 Å². The number of nitrogens with zero attached hydrogens (tertiary/aromatic N) is 1. The summed E-state index contributed by atoms with van der Waals surface area (Å²) in [5.41, 5.74) is 12.8. The zero-order chi connectivity index (χ0) is 30.1. The maximum Gasteiger partial charge on any atom is 0.196 e. The SMILES string of the molecule is C/C=C\c1c(C)c(-c2ccccc2)cc2c1N(c1ccc(C3Nc4c(ccc5oc6ccccc6c45)O3)cc1)C1C=CC=CC21. The third-order valence-electron chi connectivity index (χ3n) is 9.56. The standard InChI is InChI=1S/C41H32N2O2/c1-3-11-29-25(2)32(26-12-5-4-6-13-26)24-33-30-14-7-9-16-34(30)43(40(29)33)28-20-18-27(19-21-28)41-42-39-37(45-41)23-22-36-38(39)31-15-8-10-17-35(31)44-36/h3-24,30,34,41-42H,1-2H3/b11-3-. The van der Waals surface area contributed by atoms with Gasteiger partial charge in [-0.05, 0) is 72.5 Å². The second kappa shape index (κ2) is 10.0. The lowest BCUT2D eigenvalue weighted by Gasteiger charge is -2.30. The van der Waals surface area contributed by atoms with E-state index >= 15 is 0 Å². The van der Waals surface area contributed by atoms with E-state index in [0.29, 0.717) is 0 Å². The Labute approximate surface area is 262 Å². The van der Waals surface area contributed by atoms with Crippen molar-refractivity contribution in [1.29, 1.82) is 0 Å². The molecule has 45 heavy (non-hydrogen) atoms. The highest BCUT2D eigenvalue weighted by Crippen LogP contribution is 2.53. The van der Waals surface area contributed by atoms with Crippen LogP contribution in [0.3, 0.4) is 0 Å². The van der Waals surface area contributed by atoms with Gasteiger partial charge in [-0.3, -0.25) is 0 Å². The summed E-state index contributed by atoms with van der Waals surface area (Å²) in [7, 11) is 0. The van der Waals surface area contributed by atoms with Crippen LogP contribution in [0.5, 0.6) is 5.75 Å². The molecule has 3 unspecified atom stereocenters. The lowest BCUT2D eigenvalue weighted by molar-refractivity contribution is 0.260. The first-order valence-electron chi connectivity index (χ1n) is 15.7. The molecule has 1 aliphatic carbocycles. The van der Waals surface area contributed by atoms with Gasteiger partial charge in [-0.15, -0.1) is 0 Å².